The summed E-state index contributed by atoms with van der Waals surface area (Å²) >= 11 is 0. The van der Waals surface area contributed by atoms with Gasteiger partial charge < -0.3 is 9.94 Å². The standard InChI is InChI=1S/C5H9NO3/c1-2-9-5(7)3-4-6-8/h4,8H,2-3H2,1H3. The van der Waals surface area contributed by atoms with Crippen LogP contribution in [0.5, 0.6) is 0 Å². The number of carbonyl (C=O) groups is 1. The Morgan fingerprint density at radius 3 is 3.00 bits per heavy atom. The predicted molar refractivity (Wildman–Crippen MR) is 31.5 cm³/mol. The van der Waals surface area contributed by atoms with Crippen LogP contribution in [0, 0.1) is 0 Å². The third kappa shape index (κ3) is 4.80. The van der Waals surface area contributed by atoms with E-state index in [1.54, 1.807) is 6.92 Å². The van der Waals surface area contributed by atoms with Crippen molar-refractivity contribution in [3.05, 3.63) is 0 Å². The van der Waals surface area contributed by atoms with Gasteiger partial charge in [-0.1, -0.05) is 0 Å². The molecule has 0 aliphatic rings. The van der Waals surface area contributed by atoms with Crippen molar-refractivity contribution in [3.63, 3.8) is 0 Å². The summed E-state index contributed by atoms with van der Waals surface area (Å²) in [5.74, 6) is -0.379. The van der Waals surface area contributed by atoms with Gasteiger partial charge in [0.05, 0.1) is 19.2 Å². The number of ether oxygens (including phenoxy) is 1. The van der Waals surface area contributed by atoms with E-state index in [1.165, 1.54) is 0 Å². The zero-order valence-corrected chi connectivity index (χ0v) is 5.20. The summed E-state index contributed by atoms with van der Waals surface area (Å²) in [6.07, 6.45) is 1.11. The fourth-order valence-corrected chi connectivity index (χ4v) is 0.335. The molecular formula is C5H9NO3. The normalized spacial score (nSPS) is 9.89. The fraction of sp³-hybridized carbons (Fsp3) is 0.600. The summed E-state index contributed by atoms with van der Waals surface area (Å²) < 4.78 is 4.50. The van der Waals surface area contributed by atoms with E-state index in [9.17, 15) is 4.79 Å². The minimum atomic E-state index is -0.379. The highest BCUT2D eigenvalue weighted by atomic mass is 16.5. The van der Waals surface area contributed by atoms with Crippen LogP contribution in [0.25, 0.3) is 0 Å². The van der Waals surface area contributed by atoms with E-state index in [-0.39, 0.29) is 12.4 Å². The quantitative estimate of drug-likeness (QED) is 0.261. The molecule has 0 saturated heterocycles. The molecule has 0 rings (SSSR count). The molecule has 9 heavy (non-hydrogen) atoms. The summed E-state index contributed by atoms with van der Waals surface area (Å²) in [6, 6.07) is 0. The Bertz CT molecular complexity index is 111. The van der Waals surface area contributed by atoms with E-state index in [1.807, 2.05) is 0 Å². The highest BCUT2D eigenvalue weighted by Crippen LogP contribution is 1.80. The van der Waals surface area contributed by atoms with Gasteiger partial charge in [0, 0.05) is 0 Å². The Kier molecular flexibility index (Phi) is 4.49. The minimum absolute atomic E-state index is 0.0321. The molecule has 4 heteroatoms. The van der Waals surface area contributed by atoms with Crippen LogP contribution < -0.4 is 0 Å². The SMILES string of the molecule is CCOC(=O)CC=NO. The third-order valence-electron chi connectivity index (χ3n) is 0.645. The monoisotopic (exact) mass is 131 g/mol. The van der Waals surface area contributed by atoms with Gasteiger partial charge in [0.1, 0.15) is 0 Å². The molecule has 0 fully saturated rings. The Morgan fingerprint density at radius 1 is 1.89 bits per heavy atom. The second kappa shape index (κ2) is 5.08. The molecule has 0 spiro atoms. The van der Waals surface area contributed by atoms with E-state index in [0.29, 0.717) is 6.61 Å². The molecule has 0 saturated carbocycles. The van der Waals surface area contributed by atoms with Crippen LogP contribution in [0.2, 0.25) is 0 Å². The van der Waals surface area contributed by atoms with Crippen LogP contribution in [0.4, 0.5) is 0 Å². The Labute approximate surface area is 53.1 Å². The summed E-state index contributed by atoms with van der Waals surface area (Å²) in [7, 11) is 0. The average Bonchev–Trinajstić information content (AvgIpc) is 1.85. The van der Waals surface area contributed by atoms with Crippen molar-refractivity contribution in [1.82, 2.24) is 0 Å². The van der Waals surface area contributed by atoms with E-state index in [0.717, 1.165) is 6.21 Å². The molecule has 4 nitrogen and oxygen atoms in total. The van der Waals surface area contributed by atoms with Gasteiger partial charge in [-0.05, 0) is 6.92 Å². The highest BCUT2D eigenvalue weighted by Gasteiger charge is 1.95. The van der Waals surface area contributed by atoms with Gasteiger partial charge in [0.2, 0.25) is 0 Å². The second-order valence-corrected chi connectivity index (χ2v) is 1.31. The average molecular weight is 131 g/mol. The molecule has 0 bridgehead atoms. The van der Waals surface area contributed by atoms with Crippen molar-refractivity contribution >= 4 is 12.2 Å². The van der Waals surface area contributed by atoms with Crippen molar-refractivity contribution in [2.45, 2.75) is 13.3 Å². The molecule has 0 aromatic carbocycles. The first-order valence-corrected chi connectivity index (χ1v) is 2.62. The smallest absolute Gasteiger partial charge is 0.311 e. The Morgan fingerprint density at radius 2 is 2.56 bits per heavy atom. The number of carbonyl (C=O) groups excluding carboxylic acids is 1. The third-order valence-corrected chi connectivity index (χ3v) is 0.645. The number of nitrogens with zero attached hydrogens (tertiary/aromatic N) is 1. The van der Waals surface area contributed by atoms with Crippen LogP contribution in [0.15, 0.2) is 5.16 Å². The Balaban J connectivity index is 3.27. The van der Waals surface area contributed by atoms with Gasteiger partial charge in [-0.2, -0.15) is 0 Å². The van der Waals surface area contributed by atoms with Gasteiger partial charge >= 0.3 is 5.97 Å². The topological polar surface area (TPSA) is 58.9 Å². The molecule has 0 aromatic rings. The van der Waals surface area contributed by atoms with Gasteiger partial charge in [0.15, 0.2) is 0 Å². The molecule has 1 N–H and O–H groups in total. The molecule has 0 aromatic heterocycles. The van der Waals surface area contributed by atoms with Crippen LogP contribution in [0.3, 0.4) is 0 Å². The molecule has 52 valence electrons. The molecule has 0 heterocycles. The lowest BCUT2D eigenvalue weighted by molar-refractivity contribution is -0.141. The first-order valence-electron chi connectivity index (χ1n) is 2.62. The van der Waals surface area contributed by atoms with Crippen molar-refractivity contribution in [2.24, 2.45) is 5.16 Å². The first-order chi connectivity index (χ1) is 4.31. The fourth-order valence-electron chi connectivity index (χ4n) is 0.335. The highest BCUT2D eigenvalue weighted by molar-refractivity contribution is 5.85. The maximum Gasteiger partial charge on any atom is 0.311 e. The van der Waals surface area contributed by atoms with E-state index in [4.69, 9.17) is 5.21 Å². The molecule has 0 amide bonds. The van der Waals surface area contributed by atoms with Crippen LogP contribution in [-0.2, 0) is 9.53 Å². The van der Waals surface area contributed by atoms with Gasteiger partial charge in [-0.25, -0.2) is 0 Å². The lowest BCUT2D eigenvalue weighted by Gasteiger charge is -1.94. The number of hydrogen-bond donors (Lipinski definition) is 1. The Hall–Kier alpha value is -1.06. The summed E-state index contributed by atoms with van der Waals surface area (Å²) in [5, 5.41) is 10.5. The van der Waals surface area contributed by atoms with Crippen molar-refractivity contribution in [2.75, 3.05) is 6.61 Å². The number of rotatable bonds is 3. The minimum Gasteiger partial charge on any atom is -0.466 e. The molecular weight excluding hydrogens is 122 g/mol. The number of oxime groups is 1. The van der Waals surface area contributed by atoms with Crippen molar-refractivity contribution in [3.8, 4) is 0 Å². The summed E-state index contributed by atoms with van der Waals surface area (Å²) in [6.45, 7) is 2.08. The van der Waals surface area contributed by atoms with E-state index in [2.05, 4.69) is 9.89 Å². The lowest BCUT2D eigenvalue weighted by atomic mass is 10.5. The zero-order valence-electron chi connectivity index (χ0n) is 5.20. The summed E-state index contributed by atoms with van der Waals surface area (Å²) in [4.78, 5) is 10.4. The number of esters is 1. The van der Waals surface area contributed by atoms with Crippen LogP contribution in [-0.4, -0.2) is 24.0 Å². The lowest BCUT2D eigenvalue weighted by Crippen LogP contribution is -2.03. The van der Waals surface area contributed by atoms with Crippen LogP contribution in [0.1, 0.15) is 13.3 Å². The maximum absolute atomic E-state index is 10.4. The molecule has 0 aliphatic heterocycles. The number of hydrogen-bond acceptors (Lipinski definition) is 4. The van der Waals surface area contributed by atoms with Gasteiger partial charge in [0.25, 0.3) is 0 Å². The predicted octanol–water partition coefficient (Wildman–Crippen LogP) is 0.400. The van der Waals surface area contributed by atoms with E-state index < -0.39 is 0 Å². The maximum atomic E-state index is 10.4. The van der Waals surface area contributed by atoms with Gasteiger partial charge in [-0.3, -0.25) is 4.79 Å². The van der Waals surface area contributed by atoms with Crippen molar-refractivity contribution in [1.29, 1.82) is 0 Å². The zero-order chi connectivity index (χ0) is 7.11. The second-order valence-electron chi connectivity index (χ2n) is 1.31. The first kappa shape index (κ1) is 7.94. The largest absolute Gasteiger partial charge is 0.466 e. The van der Waals surface area contributed by atoms with Gasteiger partial charge in [-0.15, -0.1) is 5.16 Å². The molecule has 0 aliphatic carbocycles. The van der Waals surface area contributed by atoms with Crippen molar-refractivity contribution < 1.29 is 14.7 Å². The van der Waals surface area contributed by atoms with E-state index >= 15 is 0 Å². The molecule has 0 radical (unpaired) electrons. The summed E-state index contributed by atoms with van der Waals surface area (Å²) in [5.41, 5.74) is 0. The molecule has 0 unspecified atom stereocenters. The van der Waals surface area contributed by atoms with Crippen LogP contribution >= 0.6 is 0 Å². The molecule has 0 atom stereocenters.